The van der Waals surface area contributed by atoms with E-state index in [0.717, 1.165) is 0 Å². The van der Waals surface area contributed by atoms with Gasteiger partial charge in [-0.05, 0) is 0 Å². The first-order valence-electron chi connectivity index (χ1n) is 10.1. The third-order valence-corrected chi connectivity index (χ3v) is 5.22. The van der Waals surface area contributed by atoms with Crippen molar-refractivity contribution in [3.8, 4) is 0 Å². The van der Waals surface area contributed by atoms with Gasteiger partial charge in [0.15, 0.2) is 0 Å². The standard InChI is InChI=1S/C18H34N4O9/c23-12-14(15(25)13-24)22-7-5-20(10-17(28)29)3-1-19(9-16(26)27)2-4-21(6-8-22)11-18(30)31/h14-15,23-25H,1-13H2,(H,26,27)(H,28,29)(H,30,31)/p-3. The number of aliphatic carboxylic acids is 3. The lowest BCUT2D eigenvalue weighted by Crippen LogP contribution is -2.55. The van der Waals surface area contributed by atoms with E-state index in [1.54, 1.807) is 14.7 Å². The Morgan fingerprint density at radius 3 is 1.23 bits per heavy atom. The molecule has 1 saturated heterocycles. The Kier molecular flexibility index (Phi) is 12.5. The number of nitrogens with zero attached hydrogens (tertiary/aromatic N) is 4. The predicted octanol–water partition coefficient (Wildman–Crippen LogP) is -7.83. The Hall–Kier alpha value is -1.87. The minimum Gasteiger partial charge on any atom is -0.549 e. The largest absolute Gasteiger partial charge is 0.549 e. The molecule has 13 heteroatoms. The first-order valence-corrected chi connectivity index (χ1v) is 10.1. The zero-order valence-electron chi connectivity index (χ0n) is 17.4. The van der Waals surface area contributed by atoms with Crippen LogP contribution in [0.25, 0.3) is 0 Å². The van der Waals surface area contributed by atoms with Gasteiger partial charge in [-0.25, -0.2) is 0 Å². The van der Waals surface area contributed by atoms with Crippen molar-refractivity contribution >= 4 is 17.9 Å². The van der Waals surface area contributed by atoms with Crippen LogP contribution in [-0.2, 0) is 14.4 Å². The molecule has 0 aliphatic carbocycles. The molecule has 0 aromatic carbocycles. The van der Waals surface area contributed by atoms with Crippen LogP contribution in [-0.4, -0.2) is 150 Å². The summed E-state index contributed by atoms with van der Waals surface area (Å²) in [6.45, 7) is -0.648. The molecule has 1 rings (SSSR count). The van der Waals surface area contributed by atoms with Crippen molar-refractivity contribution in [1.29, 1.82) is 0 Å². The summed E-state index contributed by atoms with van der Waals surface area (Å²) in [6.07, 6.45) is -1.25. The highest BCUT2D eigenvalue weighted by Gasteiger charge is 2.26. The molecule has 13 nitrogen and oxygen atoms in total. The fraction of sp³-hybridized carbons (Fsp3) is 0.833. The third kappa shape index (κ3) is 10.8. The highest BCUT2D eigenvalue weighted by atomic mass is 16.4. The molecule has 1 heterocycles. The van der Waals surface area contributed by atoms with Gasteiger partial charge >= 0.3 is 0 Å². The highest BCUT2D eigenvalue weighted by molar-refractivity contribution is 5.67. The molecule has 0 bridgehead atoms. The molecule has 0 radical (unpaired) electrons. The maximum Gasteiger partial charge on any atom is 0.0947 e. The van der Waals surface area contributed by atoms with E-state index in [9.17, 15) is 45.0 Å². The number of carboxylic acid groups (broad SMARTS) is 3. The first-order chi connectivity index (χ1) is 14.7. The topological polar surface area (TPSA) is 194 Å². The van der Waals surface area contributed by atoms with Gasteiger partial charge in [-0.2, -0.15) is 0 Å². The van der Waals surface area contributed by atoms with Crippen LogP contribution >= 0.6 is 0 Å². The molecule has 0 amide bonds. The van der Waals surface area contributed by atoms with Gasteiger partial charge < -0.3 is 45.0 Å². The van der Waals surface area contributed by atoms with Crippen LogP contribution in [0.3, 0.4) is 0 Å². The number of hydrogen-bond donors (Lipinski definition) is 3. The quantitative estimate of drug-likeness (QED) is 0.286. The predicted molar refractivity (Wildman–Crippen MR) is 99.9 cm³/mol. The molecule has 1 fully saturated rings. The van der Waals surface area contributed by atoms with E-state index in [-0.39, 0.29) is 58.9 Å². The summed E-state index contributed by atoms with van der Waals surface area (Å²) < 4.78 is 0. The van der Waals surface area contributed by atoms with Crippen LogP contribution < -0.4 is 15.3 Å². The summed E-state index contributed by atoms with van der Waals surface area (Å²) in [4.78, 5) is 39.5. The molecule has 1 aliphatic heterocycles. The fourth-order valence-electron chi connectivity index (χ4n) is 3.51. The summed E-state index contributed by atoms with van der Waals surface area (Å²) in [7, 11) is 0. The minimum atomic E-state index is -1.31. The molecular weight excluding hydrogens is 416 g/mol. The molecule has 2 unspecified atom stereocenters. The van der Waals surface area contributed by atoms with E-state index in [1.807, 2.05) is 0 Å². The van der Waals surface area contributed by atoms with Gasteiger partial charge in [0.2, 0.25) is 0 Å². The average Bonchev–Trinajstić information content (AvgIpc) is 2.68. The van der Waals surface area contributed by atoms with Gasteiger partial charge in [-0.15, -0.1) is 0 Å². The van der Waals surface area contributed by atoms with Crippen LogP contribution in [0.1, 0.15) is 0 Å². The lowest BCUT2D eigenvalue weighted by atomic mass is 10.1. The van der Waals surface area contributed by atoms with E-state index in [2.05, 4.69) is 0 Å². The number of rotatable bonds is 10. The van der Waals surface area contributed by atoms with Crippen LogP contribution in [0.5, 0.6) is 0 Å². The van der Waals surface area contributed by atoms with Crippen molar-refractivity contribution in [2.45, 2.75) is 12.1 Å². The van der Waals surface area contributed by atoms with Crippen LogP contribution in [0.2, 0.25) is 0 Å². The fourth-order valence-corrected chi connectivity index (χ4v) is 3.51. The van der Waals surface area contributed by atoms with Gasteiger partial charge in [0.1, 0.15) is 0 Å². The second-order valence-corrected chi connectivity index (χ2v) is 7.48. The Morgan fingerprint density at radius 2 is 0.968 bits per heavy atom. The molecule has 1 aliphatic rings. The van der Waals surface area contributed by atoms with Crippen molar-refractivity contribution in [2.75, 3.05) is 85.2 Å². The van der Waals surface area contributed by atoms with Crippen LogP contribution in [0.4, 0.5) is 0 Å². The SMILES string of the molecule is O=C([O-])CN1CCN(CC(=O)[O-])CCN(C(CO)C(O)CO)CCN(CC(=O)[O-])CC1. The summed E-state index contributed by atoms with van der Waals surface area (Å²) in [5.41, 5.74) is 0. The molecule has 31 heavy (non-hydrogen) atoms. The van der Waals surface area contributed by atoms with Gasteiger partial charge in [0.05, 0.1) is 43.3 Å². The lowest BCUT2D eigenvalue weighted by Gasteiger charge is -2.38. The summed E-state index contributed by atoms with van der Waals surface area (Å²) in [5, 5.41) is 62.3. The Balaban J connectivity index is 3.05. The highest BCUT2D eigenvalue weighted by Crippen LogP contribution is 2.08. The smallest absolute Gasteiger partial charge is 0.0947 e. The van der Waals surface area contributed by atoms with E-state index >= 15 is 0 Å². The van der Waals surface area contributed by atoms with Crippen molar-refractivity contribution in [3.63, 3.8) is 0 Å². The van der Waals surface area contributed by atoms with E-state index in [0.29, 0.717) is 0 Å². The number of carboxylic acids is 3. The van der Waals surface area contributed by atoms with Crippen LogP contribution in [0, 0.1) is 0 Å². The van der Waals surface area contributed by atoms with Crippen molar-refractivity contribution in [1.82, 2.24) is 19.6 Å². The summed E-state index contributed by atoms with van der Waals surface area (Å²) in [6, 6.07) is -0.836. The van der Waals surface area contributed by atoms with Gasteiger partial charge in [-0.1, -0.05) is 0 Å². The summed E-state index contributed by atoms with van der Waals surface area (Å²) >= 11 is 0. The average molecular weight is 447 g/mol. The van der Waals surface area contributed by atoms with Crippen molar-refractivity contribution in [3.05, 3.63) is 0 Å². The molecule has 0 aromatic rings. The van der Waals surface area contributed by atoms with Gasteiger partial charge in [-0.3, -0.25) is 19.6 Å². The Labute approximate surface area is 180 Å². The Bertz CT molecular complexity index is 548. The maximum atomic E-state index is 11.1. The number of carbonyl (C=O) groups is 3. The molecular formula is C18H31N4O9-3. The first kappa shape index (κ1) is 27.2. The van der Waals surface area contributed by atoms with E-state index in [4.69, 9.17) is 0 Å². The third-order valence-electron chi connectivity index (χ3n) is 5.22. The number of carbonyl (C=O) groups excluding carboxylic acids is 3. The summed E-state index contributed by atoms with van der Waals surface area (Å²) in [5.74, 6) is -3.92. The second-order valence-electron chi connectivity index (χ2n) is 7.48. The molecule has 2 atom stereocenters. The maximum absolute atomic E-state index is 11.1. The van der Waals surface area contributed by atoms with E-state index in [1.165, 1.54) is 4.90 Å². The molecule has 0 spiro atoms. The zero-order chi connectivity index (χ0) is 23.4. The number of aliphatic hydroxyl groups is 3. The van der Waals surface area contributed by atoms with Crippen molar-refractivity contribution < 1.29 is 45.0 Å². The minimum absolute atomic E-state index is 0.196. The van der Waals surface area contributed by atoms with Gasteiger partial charge in [0, 0.05) is 72.0 Å². The van der Waals surface area contributed by atoms with E-state index < -0.39 is 56.4 Å². The number of hydrogen-bond acceptors (Lipinski definition) is 13. The van der Waals surface area contributed by atoms with Crippen LogP contribution in [0.15, 0.2) is 0 Å². The molecule has 0 saturated carbocycles. The van der Waals surface area contributed by atoms with Gasteiger partial charge in [0.25, 0.3) is 0 Å². The number of aliphatic hydroxyl groups excluding tert-OH is 3. The molecule has 0 aromatic heterocycles. The lowest BCUT2D eigenvalue weighted by molar-refractivity contribution is -0.308. The second kappa shape index (κ2) is 14.2. The Morgan fingerprint density at radius 1 is 0.645 bits per heavy atom. The normalized spacial score (nSPS) is 21.0. The zero-order valence-corrected chi connectivity index (χ0v) is 17.4. The monoisotopic (exact) mass is 447 g/mol. The van der Waals surface area contributed by atoms with Crippen molar-refractivity contribution in [2.24, 2.45) is 0 Å². The molecule has 180 valence electrons. The molecule has 3 N–H and O–H groups in total.